The third kappa shape index (κ3) is 4.28. The number of carbonyl (C=O) groups is 2. The molecule has 3 nitrogen and oxygen atoms in total. The van der Waals surface area contributed by atoms with Crippen LogP contribution in [-0.2, 0) is 4.79 Å². The zero-order chi connectivity index (χ0) is 12.0. The molecule has 0 aromatic carbocycles. The van der Waals surface area contributed by atoms with E-state index >= 15 is 0 Å². The molecule has 0 aliphatic rings. The second kappa shape index (κ2) is 6.09. The summed E-state index contributed by atoms with van der Waals surface area (Å²) in [5, 5.41) is 0.0462. The van der Waals surface area contributed by atoms with Crippen molar-refractivity contribution < 1.29 is 9.59 Å². The first-order valence-corrected chi connectivity index (χ1v) is 5.66. The number of nitrogens with zero attached hydrogens (tertiary/aromatic N) is 1. The Labute approximate surface area is 98.7 Å². The van der Waals surface area contributed by atoms with Gasteiger partial charge in [-0.05, 0) is 13.0 Å². The van der Waals surface area contributed by atoms with Crippen LogP contribution < -0.4 is 0 Å². The van der Waals surface area contributed by atoms with Crippen LogP contribution in [0.25, 0.3) is 0 Å². The Morgan fingerprint density at radius 2 is 2.12 bits per heavy atom. The maximum atomic E-state index is 11.1. The van der Waals surface area contributed by atoms with Crippen LogP contribution in [0.2, 0.25) is 0 Å². The molecule has 4 heteroatoms. The van der Waals surface area contributed by atoms with Gasteiger partial charge in [-0.15, -0.1) is 0 Å². The van der Waals surface area contributed by atoms with Gasteiger partial charge in [0.15, 0.2) is 10.9 Å². The van der Waals surface area contributed by atoms with Crippen molar-refractivity contribution in [2.75, 3.05) is 5.75 Å². The molecule has 0 amide bonds. The van der Waals surface area contributed by atoms with Crippen molar-refractivity contribution in [3.63, 3.8) is 0 Å². The molecular formula is C12H11NO2S. The Balaban J connectivity index is 2.70. The summed E-state index contributed by atoms with van der Waals surface area (Å²) >= 11 is 1.16. The van der Waals surface area contributed by atoms with Gasteiger partial charge in [0.25, 0.3) is 0 Å². The SMILES string of the molecule is CC(=O)SCC#Cc1cncc(C(C)=O)c1. The average molecular weight is 233 g/mol. The Kier molecular flexibility index (Phi) is 4.74. The number of rotatable bonds is 2. The number of hydrogen-bond donors (Lipinski definition) is 0. The second-order valence-corrected chi connectivity index (χ2v) is 4.25. The topological polar surface area (TPSA) is 47.0 Å². The van der Waals surface area contributed by atoms with Gasteiger partial charge < -0.3 is 0 Å². The monoisotopic (exact) mass is 233 g/mol. The summed E-state index contributed by atoms with van der Waals surface area (Å²) in [6.07, 6.45) is 3.11. The predicted octanol–water partition coefficient (Wildman–Crippen LogP) is 1.92. The van der Waals surface area contributed by atoms with Gasteiger partial charge in [-0.3, -0.25) is 14.6 Å². The lowest BCUT2D eigenvalue weighted by Crippen LogP contribution is -1.93. The summed E-state index contributed by atoms with van der Waals surface area (Å²) in [6.45, 7) is 2.99. The minimum absolute atomic E-state index is 0.0331. The van der Waals surface area contributed by atoms with Crippen molar-refractivity contribution in [2.45, 2.75) is 13.8 Å². The summed E-state index contributed by atoms with van der Waals surface area (Å²) in [6, 6.07) is 1.70. The van der Waals surface area contributed by atoms with Crippen LogP contribution in [-0.4, -0.2) is 21.6 Å². The molecule has 0 unspecified atom stereocenters. The standard InChI is InChI=1S/C12H11NO2S/c1-9(14)12-6-11(7-13-8-12)4-3-5-16-10(2)15/h6-8H,5H2,1-2H3. The first-order chi connectivity index (χ1) is 7.59. The molecule has 0 saturated heterocycles. The van der Waals surface area contributed by atoms with Gasteiger partial charge in [-0.2, -0.15) is 0 Å². The van der Waals surface area contributed by atoms with Gasteiger partial charge in [-0.25, -0.2) is 0 Å². The van der Waals surface area contributed by atoms with E-state index in [4.69, 9.17) is 0 Å². The van der Waals surface area contributed by atoms with Crippen molar-refractivity contribution in [2.24, 2.45) is 0 Å². The van der Waals surface area contributed by atoms with Crippen molar-refractivity contribution >= 4 is 22.7 Å². The number of ketones is 1. The molecule has 1 rings (SSSR count). The molecule has 0 bridgehead atoms. The van der Waals surface area contributed by atoms with Gasteiger partial charge in [0, 0.05) is 30.4 Å². The summed E-state index contributed by atoms with van der Waals surface area (Å²) in [7, 11) is 0. The zero-order valence-electron chi connectivity index (χ0n) is 9.11. The number of carbonyl (C=O) groups excluding carboxylic acids is 2. The lowest BCUT2D eigenvalue weighted by molar-refractivity contribution is -0.109. The van der Waals surface area contributed by atoms with Crippen LogP contribution >= 0.6 is 11.8 Å². The van der Waals surface area contributed by atoms with Gasteiger partial charge >= 0.3 is 0 Å². The van der Waals surface area contributed by atoms with Crippen LogP contribution in [0, 0.1) is 11.8 Å². The van der Waals surface area contributed by atoms with Crippen molar-refractivity contribution in [3.8, 4) is 11.8 Å². The minimum Gasteiger partial charge on any atom is -0.294 e. The predicted molar refractivity (Wildman–Crippen MR) is 64.3 cm³/mol. The van der Waals surface area contributed by atoms with E-state index in [-0.39, 0.29) is 10.9 Å². The van der Waals surface area contributed by atoms with Crippen molar-refractivity contribution in [3.05, 3.63) is 29.6 Å². The van der Waals surface area contributed by atoms with E-state index in [0.717, 1.165) is 11.8 Å². The zero-order valence-corrected chi connectivity index (χ0v) is 9.93. The molecule has 1 aromatic rings. The fraction of sp³-hybridized carbons (Fsp3) is 0.250. The van der Waals surface area contributed by atoms with E-state index in [1.807, 2.05) is 0 Å². The Morgan fingerprint density at radius 1 is 1.38 bits per heavy atom. The molecule has 82 valence electrons. The second-order valence-electron chi connectivity index (χ2n) is 3.10. The number of hydrogen-bond acceptors (Lipinski definition) is 4. The van der Waals surface area contributed by atoms with E-state index < -0.39 is 0 Å². The Bertz CT molecular complexity index is 471. The first kappa shape index (κ1) is 12.5. The molecule has 0 saturated carbocycles. The number of thioether (sulfide) groups is 1. The molecule has 1 heterocycles. The fourth-order valence-electron chi connectivity index (χ4n) is 0.977. The number of Topliss-reactive ketones (excluding diaryl/α,β-unsaturated/α-hetero) is 1. The molecule has 0 aliphatic carbocycles. The van der Waals surface area contributed by atoms with E-state index in [1.54, 1.807) is 12.3 Å². The molecule has 1 aromatic heterocycles. The fourth-order valence-corrected chi connectivity index (χ4v) is 1.32. The average Bonchev–Trinajstić information content (AvgIpc) is 2.24. The van der Waals surface area contributed by atoms with E-state index in [1.165, 1.54) is 20.0 Å². The molecule has 0 atom stereocenters. The van der Waals surface area contributed by atoms with Gasteiger partial charge in [0.1, 0.15) is 0 Å². The Morgan fingerprint density at radius 3 is 2.75 bits per heavy atom. The third-order valence-corrected chi connectivity index (χ3v) is 2.42. The summed E-state index contributed by atoms with van der Waals surface area (Å²) in [5.41, 5.74) is 1.24. The first-order valence-electron chi connectivity index (χ1n) is 4.68. The highest BCUT2D eigenvalue weighted by Crippen LogP contribution is 2.03. The maximum Gasteiger partial charge on any atom is 0.186 e. The summed E-state index contributed by atoms with van der Waals surface area (Å²) < 4.78 is 0. The van der Waals surface area contributed by atoms with Crippen LogP contribution in [0.15, 0.2) is 18.5 Å². The molecule has 0 fully saturated rings. The van der Waals surface area contributed by atoms with E-state index in [9.17, 15) is 9.59 Å². The third-order valence-electron chi connectivity index (χ3n) is 1.73. The van der Waals surface area contributed by atoms with E-state index in [0.29, 0.717) is 16.9 Å². The van der Waals surface area contributed by atoms with Crippen molar-refractivity contribution in [1.29, 1.82) is 0 Å². The van der Waals surface area contributed by atoms with E-state index in [2.05, 4.69) is 16.8 Å². The van der Waals surface area contributed by atoms with Crippen molar-refractivity contribution in [1.82, 2.24) is 4.98 Å². The number of aromatic nitrogens is 1. The normalized spacial score (nSPS) is 9.12. The summed E-state index contributed by atoms with van der Waals surface area (Å²) in [4.78, 5) is 25.6. The lowest BCUT2D eigenvalue weighted by atomic mass is 10.1. The highest BCUT2D eigenvalue weighted by Gasteiger charge is 1.99. The lowest BCUT2D eigenvalue weighted by Gasteiger charge is -1.94. The molecular weight excluding hydrogens is 222 g/mol. The minimum atomic E-state index is -0.0331. The molecule has 0 spiro atoms. The van der Waals surface area contributed by atoms with Crippen LogP contribution in [0.1, 0.15) is 29.8 Å². The summed E-state index contributed by atoms with van der Waals surface area (Å²) in [5.74, 6) is 6.12. The maximum absolute atomic E-state index is 11.1. The van der Waals surface area contributed by atoms with Crippen LogP contribution in [0.4, 0.5) is 0 Å². The van der Waals surface area contributed by atoms with Gasteiger partial charge in [0.05, 0.1) is 5.75 Å². The van der Waals surface area contributed by atoms with Crippen LogP contribution in [0.5, 0.6) is 0 Å². The smallest absolute Gasteiger partial charge is 0.186 e. The number of pyridine rings is 1. The molecule has 0 aliphatic heterocycles. The largest absolute Gasteiger partial charge is 0.294 e. The Hall–Kier alpha value is -1.60. The van der Waals surface area contributed by atoms with Gasteiger partial charge in [0.2, 0.25) is 0 Å². The van der Waals surface area contributed by atoms with Gasteiger partial charge in [-0.1, -0.05) is 23.6 Å². The molecule has 0 N–H and O–H groups in total. The molecule has 0 radical (unpaired) electrons. The molecule has 16 heavy (non-hydrogen) atoms. The van der Waals surface area contributed by atoms with Crippen LogP contribution in [0.3, 0.4) is 0 Å². The quantitative estimate of drug-likeness (QED) is 0.578. The highest BCUT2D eigenvalue weighted by molar-refractivity contribution is 8.13. The highest BCUT2D eigenvalue weighted by atomic mass is 32.2.